The smallest absolute Gasteiger partial charge is 0.261 e. The molecule has 0 aliphatic carbocycles. The molecule has 2 aromatic carbocycles. The number of para-hydroxylation sites is 1. The van der Waals surface area contributed by atoms with Crippen LogP contribution in [0.4, 0.5) is 5.69 Å². The zero-order valence-electron chi connectivity index (χ0n) is 17.5. The number of benzene rings is 2. The molecule has 1 amide bonds. The van der Waals surface area contributed by atoms with Gasteiger partial charge in [0.1, 0.15) is 0 Å². The normalized spacial score (nSPS) is 16.1. The highest BCUT2D eigenvalue weighted by Crippen LogP contribution is 2.24. The molecule has 1 aliphatic rings. The van der Waals surface area contributed by atoms with Crippen molar-refractivity contribution in [2.45, 2.75) is 48.9 Å². The summed E-state index contributed by atoms with van der Waals surface area (Å²) in [6, 6.07) is 11.4. The van der Waals surface area contributed by atoms with E-state index in [1.807, 2.05) is 13.8 Å². The van der Waals surface area contributed by atoms with Gasteiger partial charge in [0.25, 0.3) is 15.9 Å². The first-order valence-corrected chi connectivity index (χ1v) is 13.1. The Balaban J connectivity index is 1.83. The number of amides is 1. The van der Waals surface area contributed by atoms with Crippen molar-refractivity contribution in [1.29, 1.82) is 0 Å². The fourth-order valence-corrected chi connectivity index (χ4v) is 5.84. The molecule has 31 heavy (non-hydrogen) atoms. The van der Waals surface area contributed by atoms with Crippen LogP contribution in [0.1, 0.15) is 43.5 Å². The van der Waals surface area contributed by atoms with Gasteiger partial charge >= 0.3 is 0 Å². The number of carbonyl (C=O) groups is 1. The molecule has 0 saturated carbocycles. The maximum absolute atomic E-state index is 12.9. The Bertz CT molecular complexity index is 1140. The molecule has 1 fully saturated rings. The molecule has 1 unspecified atom stereocenters. The molecule has 0 radical (unpaired) electrons. The van der Waals surface area contributed by atoms with Crippen molar-refractivity contribution in [2.24, 2.45) is 0 Å². The first-order chi connectivity index (χ1) is 14.6. The summed E-state index contributed by atoms with van der Waals surface area (Å²) in [6.45, 7) is 4.74. The molecule has 3 rings (SSSR count). The number of nitrogens with zero attached hydrogens (tertiary/aromatic N) is 1. The van der Waals surface area contributed by atoms with Crippen LogP contribution in [0.5, 0.6) is 0 Å². The van der Waals surface area contributed by atoms with Gasteiger partial charge in [0.15, 0.2) is 0 Å². The molecule has 1 heterocycles. The van der Waals surface area contributed by atoms with E-state index in [1.54, 1.807) is 18.2 Å². The van der Waals surface area contributed by atoms with Crippen LogP contribution in [0.25, 0.3) is 0 Å². The molecule has 2 aromatic rings. The number of nitrogens with one attached hydrogen (secondary N) is 2. The van der Waals surface area contributed by atoms with Crippen LogP contribution in [0.2, 0.25) is 0 Å². The molecule has 0 bridgehead atoms. The molecule has 1 atom stereocenters. The number of sulfonamides is 2. The van der Waals surface area contributed by atoms with E-state index in [0.717, 1.165) is 19.3 Å². The summed E-state index contributed by atoms with van der Waals surface area (Å²) in [4.78, 5) is 12.5. The minimum absolute atomic E-state index is 0.0535. The summed E-state index contributed by atoms with van der Waals surface area (Å²) >= 11 is 0. The Morgan fingerprint density at radius 3 is 2.16 bits per heavy atom. The van der Waals surface area contributed by atoms with E-state index in [1.165, 1.54) is 34.6 Å². The predicted octanol–water partition coefficient (Wildman–Crippen LogP) is 2.80. The molecule has 2 N–H and O–H groups in total. The molecule has 10 heteroatoms. The second-order valence-corrected chi connectivity index (χ2v) is 11.1. The summed E-state index contributed by atoms with van der Waals surface area (Å²) in [7, 11) is -7.65. The highest BCUT2D eigenvalue weighted by molar-refractivity contribution is 7.92. The number of rotatable bonds is 8. The van der Waals surface area contributed by atoms with Gasteiger partial charge in [-0.05, 0) is 62.6 Å². The molecule has 1 aliphatic heterocycles. The van der Waals surface area contributed by atoms with Crippen molar-refractivity contribution in [3.63, 3.8) is 0 Å². The molecular formula is C21H27N3O5S2. The average molecular weight is 466 g/mol. The Hall–Kier alpha value is -2.43. The van der Waals surface area contributed by atoms with Crippen molar-refractivity contribution in [3.8, 4) is 0 Å². The van der Waals surface area contributed by atoms with E-state index in [-0.39, 0.29) is 33.0 Å². The summed E-state index contributed by atoms with van der Waals surface area (Å²) < 4.78 is 54.9. The van der Waals surface area contributed by atoms with Gasteiger partial charge in [0.2, 0.25) is 10.0 Å². The number of hydrogen-bond donors (Lipinski definition) is 2. The fraction of sp³-hybridized carbons (Fsp3) is 0.381. The molecule has 8 nitrogen and oxygen atoms in total. The van der Waals surface area contributed by atoms with Gasteiger partial charge in [0, 0.05) is 19.1 Å². The van der Waals surface area contributed by atoms with Gasteiger partial charge in [-0.25, -0.2) is 16.8 Å². The van der Waals surface area contributed by atoms with Crippen LogP contribution < -0.4 is 10.0 Å². The molecule has 0 aromatic heterocycles. The van der Waals surface area contributed by atoms with Crippen LogP contribution in [-0.2, 0) is 20.0 Å². The lowest BCUT2D eigenvalue weighted by Gasteiger charge is -2.16. The first-order valence-electron chi connectivity index (χ1n) is 10.2. The second kappa shape index (κ2) is 9.37. The van der Waals surface area contributed by atoms with Crippen molar-refractivity contribution in [3.05, 3.63) is 54.1 Å². The zero-order valence-corrected chi connectivity index (χ0v) is 19.2. The molecule has 0 spiro atoms. The Kier molecular flexibility index (Phi) is 7.03. The Labute approximate surface area is 183 Å². The van der Waals surface area contributed by atoms with E-state index in [0.29, 0.717) is 13.1 Å². The van der Waals surface area contributed by atoms with Gasteiger partial charge in [0.05, 0.1) is 21.0 Å². The summed E-state index contributed by atoms with van der Waals surface area (Å²) in [6.07, 6.45) is 2.38. The zero-order chi connectivity index (χ0) is 22.6. The van der Waals surface area contributed by atoms with Crippen LogP contribution in [0.3, 0.4) is 0 Å². The minimum atomic E-state index is -4.02. The second-order valence-electron chi connectivity index (χ2n) is 7.52. The minimum Gasteiger partial charge on any atom is -0.350 e. The van der Waals surface area contributed by atoms with Gasteiger partial charge in [-0.1, -0.05) is 19.1 Å². The van der Waals surface area contributed by atoms with Crippen molar-refractivity contribution < 1.29 is 21.6 Å². The lowest BCUT2D eigenvalue weighted by molar-refractivity contribution is 0.0940. The summed E-state index contributed by atoms with van der Waals surface area (Å²) in [5.41, 5.74) is 0.358. The van der Waals surface area contributed by atoms with Gasteiger partial charge in [-0.3, -0.25) is 9.52 Å². The molecule has 168 valence electrons. The van der Waals surface area contributed by atoms with Crippen molar-refractivity contribution >= 4 is 31.6 Å². The van der Waals surface area contributed by atoms with E-state index in [9.17, 15) is 21.6 Å². The Morgan fingerprint density at radius 2 is 1.55 bits per heavy atom. The van der Waals surface area contributed by atoms with Gasteiger partial charge in [-0.15, -0.1) is 0 Å². The number of hydrogen-bond acceptors (Lipinski definition) is 5. The van der Waals surface area contributed by atoms with Crippen LogP contribution in [0, 0.1) is 0 Å². The van der Waals surface area contributed by atoms with E-state index >= 15 is 0 Å². The van der Waals surface area contributed by atoms with Gasteiger partial charge < -0.3 is 5.32 Å². The average Bonchev–Trinajstić information content (AvgIpc) is 3.29. The van der Waals surface area contributed by atoms with Crippen LogP contribution in [-0.4, -0.2) is 46.2 Å². The van der Waals surface area contributed by atoms with Crippen LogP contribution in [0.15, 0.2) is 58.3 Å². The molecule has 1 saturated heterocycles. The monoisotopic (exact) mass is 465 g/mol. The van der Waals surface area contributed by atoms with Crippen molar-refractivity contribution in [2.75, 3.05) is 17.8 Å². The third-order valence-corrected chi connectivity index (χ3v) is 8.54. The lowest BCUT2D eigenvalue weighted by Crippen LogP contribution is -2.32. The molecular weight excluding hydrogens is 438 g/mol. The lowest BCUT2D eigenvalue weighted by atomic mass is 10.1. The third-order valence-electron chi connectivity index (χ3n) is 5.24. The first kappa shape index (κ1) is 23.2. The third kappa shape index (κ3) is 5.25. The standard InChI is InChI=1S/C21H27N3O5S2/c1-3-16(2)22-21(25)19-8-4-5-9-20(19)23-30(26,27)17-10-12-18(13-11-17)31(28,29)24-14-6-7-15-24/h4-5,8-13,16,23H,3,6-7,14-15H2,1-2H3,(H,22,25). The van der Waals surface area contributed by atoms with Crippen LogP contribution >= 0.6 is 0 Å². The van der Waals surface area contributed by atoms with E-state index < -0.39 is 20.0 Å². The van der Waals surface area contributed by atoms with Gasteiger partial charge in [-0.2, -0.15) is 4.31 Å². The predicted molar refractivity (Wildman–Crippen MR) is 119 cm³/mol. The van der Waals surface area contributed by atoms with E-state index in [4.69, 9.17) is 0 Å². The largest absolute Gasteiger partial charge is 0.350 e. The highest BCUT2D eigenvalue weighted by Gasteiger charge is 2.27. The number of anilines is 1. The SMILES string of the molecule is CCC(C)NC(=O)c1ccccc1NS(=O)(=O)c1ccc(S(=O)(=O)N2CCCC2)cc1. The summed E-state index contributed by atoms with van der Waals surface area (Å²) in [5, 5.41) is 2.82. The maximum Gasteiger partial charge on any atom is 0.261 e. The topological polar surface area (TPSA) is 113 Å². The summed E-state index contributed by atoms with van der Waals surface area (Å²) in [5.74, 6) is -0.375. The highest BCUT2D eigenvalue weighted by atomic mass is 32.2. The fourth-order valence-electron chi connectivity index (χ4n) is 3.25. The quantitative estimate of drug-likeness (QED) is 0.622. The Morgan fingerprint density at radius 1 is 0.968 bits per heavy atom. The van der Waals surface area contributed by atoms with E-state index in [2.05, 4.69) is 10.0 Å². The number of carbonyl (C=O) groups excluding carboxylic acids is 1. The van der Waals surface area contributed by atoms with Crippen molar-refractivity contribution in [1.82, 2.24) is 9.62 Å². The maximum atomic E-state index is 12.9.